The van der Waals surface area contributed by atoms with Crippen molar-refractivity contribution in [2.45, 2.75) is 13.3 Å². The van der Waals surface area contributed by atoms with Crippen molar-refractivity contribution >= 4 is 29.2 Å². The average molecular weight is 349 g/mol. The summed E-state index contributed by atoms with van der Waals surface area (Å²) in [5.41, 5.74) is 7.16. The molecule has 0 fully saturated rings. The number of hydrogen-bond acceptors (Lipinski definition) is 4. The van der Waals surface area contributed by atoms with Crippen molar-refractivity contribution in [1.82, 2.24) is 5.32 Å². The SMILES string of the molecule is CCNC(=O)c1ccc(Oc2cc(Cl)cc(CC(=O)O)c2)c(N)c1. The lowest BCUT2D eigenvalue weighted by Crippen LogP contribution is -2.22. The molecule has 2 aromatic carbocycles. The van der Waals surface area contributed by atoms with Crippen LogP contribution in [0, 0.1) is 0 Å². The number of benzene rings is 2. The predicted octanol–water partition coefficient (Wildman–Crippen LogP) is 3.09. The van der Waals surface area contributed by atoms with Gasteiger partial charge in [-0.1, -0.05) is 11.6 Å². The van der Waals surface area contributed by atoms with Gasteiger partial charge in [-0.2, -0.15) is 0 Å². The fraction of sp³-hybridized carbons (Fsp3) is 0.176. The van der Waals surface area contributed by atoms with E-state index in [4.69, 9.17) is 27.2 Å². The zero-order valence-corrected chi connectivity index (χ0v) is 13.8. The van der Waals surface area contributed by atoms with E-state index in [1.807, 2.05) is 6.92 Å². The molecule has 0 spiro atoms. The zero-order chi connectivity index (χ0) is 17.7. The van der Waals surface area contributed by atoms with Crippen LogP contribution in [0.1, 0.15) is 22.8 Å². The quantitative estimate of drug-likeness (QED) is 0.696. The van der Waals surface area contributed by atoms with Crippen LogP contribution in [0.25, 0.3) is 0 Å². The normalized spacial score (nSPS) is 10.2. The third-order valence-corrected chi connectivity index (χ3v) is 3.34. The van der Waals surface area contributed by atoms with Gasteiger partial charge in [-0.3, -0.25) is 9.59 Å². The number of carbonyl (C=O) groups is 2. The second-order valence-corrected chi connectivity index (χ2v) is 5.52. The van der Waals surface area contributed by atoms with Gasteiger partial charge in [-0.15, -0.1) is 0 Å². The van der Waals surface area contributed by atoms with Crippen molar-refractivity contribution in [2.24, 2.45) is 0 Å². The number of nitrogens with one attached hydrogen (secondary N) is 1. The van der Waals surface area contributed by atoms with Crippen LogP contribution < -0.4 is 15.8 Å². The molecule has 0 aliphatic rings. The Morgan fingerprint density at radius 3 is 2.62 bits per heavy atom. The number of hydrogen-bond donors (Lipinski definition) is 3. The molecule has 24 heavy (non-hydrogen) atoms. The first-order chi connectivity index (χ1) is 11.4. The molecule has 0 heterocycles. The average Bonchev–Trinajstić information content (AvgIpc) is 2.48. The summed E-state index contributed by atoms with van der Waals surface area (Å²) >= 11 is 5.98. The number of nitrogens with two attached hydrogens (primary N) is 1. The van der Waals surface area contributed by atoms with Crippen LogP contribution in [0.5, 0.6) is 11.5 Å². The summed E-state index contributed by atoms with van der Waals surface area (Å²) in [6.07, 6.45) is -0.164. The number of amides is 1. The third kappa shape index (κ3) is 4.63. The number of carboxylic acid groups (broad SMARTS) is 1. The van der Waals surface area contributed by atoms with E-state index in [9.17, 15) is 9.59 Å². The summed E-state index contributed by atoms with van der Waals surface area (Å²) in [4.78, 5) is 22.6. The zero-order valence-electron chi connectivity index (χ0n) is 13.0. The van der Waals surface area contributed by atoms with Gasteiger partial charge in [-0.05, 0) is 48.9 Å². The predicted molar refractivity (Wildman–Crippen MR) is 91.7 cm³/mol. The van der Waals surface area contributed by atoms with Crippen LogP contribution in [0.4, 0.5) is 5.69 Å². The summed E-state index contributed by atoms with van der Waals surface area (Å²) in [6, 6.07) is 9.39. The van der Waals surface area contributed by atoms with Crippen molar-refractivity contribution in [1.29, 1.82) is 0 Å². The van der Waals surface area contributed by atoms with Crippen molar-refractivity contribution in [3.8, 4) is 11.5 Å². The number of carbonyl (C=O) groups excluding carboxylic acids is 1. The molecule has 2 rings (SSSR count). The lowest BCUT2D eigenvalue weighted by molar-refractivity contribution is -0.136. The van der Waals surface area contributed by atoms with Gasteiger partial charge in [0.15, 0.2) is 0 Å². The molecule has 7 heteroatoms. The van der Waals surface area contributed by atoms with Crippen molar-refractivity contribution in [3.63, 3.8) is 0 Å². The van der Waals surface area contributed by atoms with Gasteiger partial charge in [0.1, 0.15) is 11.5 Å². The number of carboxylic acids is 1. The van der Waals surface area contributed by atoms with Crippen LogP contribution in [0.2, 0.25) is 5.02 Å². The second kappa shape index (κ2) is 7.70. The molecule has 0 saturated heterocycles. The second-order valence-electron chi connectivity index (χ2n) is 5.08. The molecule has 126 valence electrons. The molecule has 6 nitrogen and oxygen atoms in total. The molecule has 2 aromatic rings. The van der Waals surface area contributed by atoms with Gasteiger partial charge in [0.2, 0.25) is 0 Å². The largest absolute Gasteiger partial charge is 0.481 e. The van der Waals surface area contributed by atoms with Gasteiger partial charge >= 0.3 is 5.97 Å². The van der Waals surface area contributed by atoms with Gasteiger partial charge in [-0.25, -0.2) is 0 Å². The summed E-state index contributed by atoms with van der Waals surface area (Å²) in [5.74, 6) is -0.459. The maximum absolute atomic E-state index is 11.8. The minimum Gasteiger partial charge on any atom is -0.481 e. The first-order valence-electron chi connectivity index (χ1n) is 7.26. The Morgan fingerprint density at radius 1 is 1.25 bits per heavy atom. The van der Waals surface area contributed by atoms with Crippen molar-refractivity contribution in [3.05, 3.63) is 52.5 Å². The lowest BCUT2D eigenvalue weighted by atomic mass is 10.1. The number of rotatable bonds is 6. The number of nitrogen functional groups attached to an aromatic ring is 1. The number of halogens is 1. The van der Waals surface area contributed by atoms with E-state index in [1.54, 1.807) is 30.3 Å². The van der Waals surface area contributed by atoms with E-state index in [1.165, 1.54) is 6.07 Å². The van der Waals surface area contributed by atoms with Gasteiger partial charge in [0, 0.05) is 17.1 Å². The summed E-state index contributed by atoms with van der Waals surface area (Å²) in [7, 11) is 0. The summed E-state index contributed by atoms with van der Waals surface area (Å²) in [5, 5.41) is 11.9. The van der Waals surface area contributed by atoms with E-state index in [-0.39, 0.29) is 12.3 Å². The van der Waals surface area contributed by atoms with E-state index < -0.39 is 5.97 Å². The lowest BCUT2D eigenvalue weighted by Gasteiger charge is -2.11. The monoisotopic (exact) mass is 348 g/mol. The molecule has 4 N–H and O–H groups in total. The third-order valence-electron chi connectivity index (χ3n) is 3.12. The highest BCUT2D eigenvalue weighted by Gasteiger charge is 2.10. The van der Waals surface area contributed by atoms with E-state index in [2.05, 4.69) is 5.32 Å². The Hall–Kier alpha value is -2.73. The van der Waals surface area contributed by atoms with Gasteiger partial charge < -0.3 is 20.9 Å². The van der Waals surface area contributed by atoms with Crippen LogP contribution in [-0.4, -0.2) is 23.5 Å². The minimum atomic E-state index is -0.964. The van der Waals surface area contributed by atoms with Crippen LogP contribution in [0.3, 0.4) is 0 Å². The summed E-state index contributed by atoms with van der Waals surface area (Å²) < 4.78 is 5.67. The molecule has 0 saturated carbocycles. The van der Waals surface area contributed by atoms with Crippen LogP contribution >= 0.6 is 11.6 Å². The Bertz CT molecular complexity index is 777. The first-order valence-corrected chi connectivity index (χ1v) is 7.63. The van der Waals surface area contributed by atoms with Gasteiger partial charge in [0.05, 0.1) is 12.1 Å². The fourth-order valence-electron chi connectivity index (χ4n) is 2.13. The molecule has 0 radical (unpaired) electrons. The maximum atomic E-state index is 11.8. The molecule has 0 aliphatic heterocycles. The Labute approximate surface area is 144 Å². The van der Waals surface area contributed by atoms with E-state index >= 15 is 0 Å². The molecule has 1 amide bonds. The van der Waals surface area contributed by atoms with E-state index in [0.717, 1.165) is 0 Å². The van der Waals surface area contributed by atoms with Gasteiger partial charge in [0.25, 0.3) is 5.91 Å². The fourth-order valence-corrected chi connectivity index (χ4v) is 2.38. The van der Waals surface area contributed by atoms with E-state index in [0.29, 0.717) is 39.9 Å². The van der Waals surface area contributed by atoms with Crippen molar-refractivity contribution in [2.75, 3.05) is 12.3 Å². The molecular formula is C17H17ClN2O4. The molecule has 0 bridgehead atoms. The molecule has 0 unspecified atom stereocenters. The highest BCUT2D eigenvalue weighted by molar-refractivity contribution is 6.30. The van der Waals surface area contributed by atoms with Crippen LogP contribution in [0.15, 0.2) is 36.4 Å². The topological polar surface area (TPSA) is 102 Å². The summed E-state index contributed by atoms with van der Waals surface area (Å²) in [6.45, 7) is 2.35. The highest BCUT2D eigenvalue weighted by atomic mass is 35.5. The first kappa shape index (κ1) is 17.6. The smallest absolute Gasteiger partial charge is 0.307 e. The Morgan fingerprint density at radius 2 is 2.00 bits per heavy atom. The molecular weight excluding hydrogens is 332 g/mol. The number of aliphatic carboxylic acids is 1. The molecule has 0 aliphatic carbocycles. The Kier molecular flexibility index (Phi) is 5.65. The number of ether oxygens (including phenoxy) is 1. The standard InChI is InChI=1S/C17H17ClN2O4/c1-2-20-17(23)11-3-4-15(14(19)8-11)24-13-6-10(7-16(21)22)5-12(18)9-13/h3-6,8-9H,2,7,19H2,1H3,(H,20,23)(H,21,22). The Balaban J connectivity index is 2.23. The maximum Gasteiger partial charge on any atom is 0.307 e. The molecule has 0 aromatic heterocycles. The minimum absolute atomic E-state index is 0.164. The number of anilines is 1. The van der Waals surface area contributed by atoms with Crippen LogP contribution in [-0.2, 0) is 11.2 Å². The highest BCUT2D eigenvalue weighted by Crippen LogP contribution is 2.30. The molecule has 0 atom stereocenters. The van der Waals surface area contributed by atoms with Crippen molar-refractivity contribution < 1.29 is 19.4 Å².